The van der Waals surface area contributed by atoms with Gasteiger partial charge in [0.05, 0.1) is 6.61 Å². The van der Waals surface area contributed by atoms with Gasteiger partial charge in [0.15, 0.2) is 11.9 Å². The summed E-state index contributed by atoms with van der Waals surface area (Å²) < 4.78 is 21.6. The Kier molecular flexibility index (Phi) is 7.41. The van der Waals surface area contributed by atoms with Crippen LogP contribution in [-0.4, -0.2) is 85.0 Å². The van der Waals surface area contributed by atoms with E-state index in [1.165, 1.54) is 24.3 Å². The smallest absolute Gasteiger partial charge is 0.317 e. The van der Waals surface area contributed by atoms with Crippen molar-refractivity contribution in [3.63, 3.8) is 0 Å². The highest BCUT2D eigenvalue weighted by Crippen LogP contribution is 2.37. The number of hydrogen-bond acceptors (Lipinski definition) is 13. The van der Waals surface area contributed by atoms with E-state index in [0.29, 0.717) is 0 Å². The number of carbonyl (C=O) groups excluding carboxylic acids is 1. The van der Waals surface area contributed by atoms with Crippen molar-refractivity contribution in [1.29, 1.82) is 0 Å². The lowest BCUT2D eigenvalue weighted by molar-refractivity contribution is -0.281. The molecule has 14 nitrogen and oxygen atoms in total. The summed E-state index contributed by atoms with van der Waals surface area (Å²) >= 11 is 0. The zero-order chi connectivity index (χ0) is 27.7. The van der Waals surface area contributed by atoms with E-state index >= 15 is 0 Å². The standard InChI is InChI=1S/C24H22O14/c25-8-14-22(37-16(31)7-15(29)30)19(33)20(34)24(36-14)38-23-18(32)17-12(28)5-11(27)6-13(17)35-21(23)9-1-3-10(26)4-2-9/h1-6,14,19-20,22,24-28,33-34H,7-8H2,(H,29,30)/t14-,19-,20-,22-,24+/m0/s1. The largest absolute Gasteiger partial charge is 0.508 e. The number of phenolic OH excluding ortho intramolecular Hbond substituents is 3. The van der Waals surface area contributed by atoms with Crippen LogP contribution in [0.1, 0.15) is 6.42 Å². The summed E-state index contributed by atoms with van der Waals surface area (Å²) in [7, 11) is 0. The fraction of sp³-hybridized carbons (Fsp3) is 0.292. The Bertz CT molecular complexity index is 1410. The second-order valence-electron chi connectivity index (χ2n) is 8.32. The Morgan fingerprint density at radius 2 is 1.66 bits per heavy atom. The Morgan fingerprint density at radius 1 is 0.974 bits per heavy atom. The van der Waals surface area contributed by atoms with Crippen LogP contribution < -0.4 is 10.2 Å². The number of fused-ring (bicyclic) bond motifs is 1. The number of aliphatic hydroxyl groups excluding tert-OH is 3. The summed E-state index contributed by atoms with van der Waals surface area (Å²) in [5.41, 5.74) is -1.01. The number of aromatic hydroxyl groups is 3. The van der Waals surface area contributed by atoms with Crippen molar-refractivity contribution < 1.29 is 64.0 Å². The first-order valence-corrected chi connectivity index (χ1v) is 11.0. The van der Waals surface area contributed by atoms with Crippen LogP contribution in [0.5, 0.6) is 23.0 Å². The fourth-order valence-corrected chi connectivity index (χ4v) is 3.91. The molecule has 38 heavy (non-hydrogen) atoms. The van der Waals surface area contributed by atoms with E-state index in [1.54, 1.807) is 0 Å². The molecule has 0 amide bonds. The summed E-state index contributed by atoms with van der Waals surface area (Å²) in [6, 6.07) is 7.22. The van der Waals surface area contributed by atoms with Crippen LogP contribution in [0.4, 0.5) is 0 Å². The molecule has 5 atom stereocenters. The number of rotatable bonds is 7. The van der Waals surface area contributed by atoms with Gasteiger partial charge < -0.3 is 54.4 Å². The highest BCUT2D eigenvalue weighted by Gasteiger charge is 2.48. The van der Waals surface area contributed by atoms with Gasteiger partial charge in [0.2, 0.25) is 17.5 Å². The van der Waals surface area contributed by atoms with Gasteiger partial charge >= 0.3 is 11.9 Å². The zero-order valence-corrected chi connectivity index (χ0v) is 19.3. The second kappa shape index (κ2) is 10.5. The van der Waals surface area contributed by atoms with Gasteiger partial charge in [-0.15, -0.1) is 0 Å². The van der Waals surface area contributed by atoms with E-state index in [2.05, 4.69) is 0 Å². The molecule has 4 rings (SSSR count). The van der Waals surface area contributed by atoms with Crippen LogP contribution >= 0.6 is 0 Å². The molecule has 0 saturated carbocycles. The third kappa shape index (κ3) is 5.19. The molecule has 2 aromatic carbocycles. The number of carboxylic acids is 1. The number of aliphatic carboxylic acids is 1. The van der Waals surface area contributed by atoms with Crippen molar-refractivity contribution in [3.8, 4) is 34.3 Å². The number of carboxylic acid groups (broad SMARTS) is 1. The summed E-state index contributed by atoms with van der Waals surface area (Å²) in [6.45, 7) is -0.869. The summed E-state index contributed by atoms with van der Waals surface area (Å²) in [5.74, 6) is -4.83. The monoisotopic (exact) mass is 534 g/mol. The zero-order valence-electron chi connectivity index (χ0n) is 19.3. The number of hydrogen-bond donors (Lipinski definition) is 7. The maximum Gasteiger partial charge on any atom is 0.317 e. The predicted octanol–water partition coefficient (Wildman–Crippen LogP) is -0.219. The van der Waals surface area contributed by atoms with Gasteiger partial charge in [-0.3, -0.25) is 14.4 Å². The number of benzene rings is 2. The molecular formula is C24H22O14. The molecule has 7 N–H and O–H groups in total. The van der Waals surface area contributed by atoms with Gasteiger partial charge in [0.1, 0.15) is 53.0 Å². The van der Waals surface area contributed by atoms with Gasteiger partial charge in [-0.1, -0.05) is 0 Å². The summed E-state index contributed by atoms with van der Waals surface area (Å²) in [6.07, 6.45) is -10.0. The lowest BCUT2D eigenvalue weighted by atomic mass is 9.99. The van der Waals surface area contributed by atoms with Crippen molar-refractivity contribution in [3.05, 3.63) is 46.6 Å². The number of ether oxygens (including phenoxy) is 3. The second-order valence-corrected chi connectivity index (χ2v) is 8.32. The molecule has 14 heteroatoms. The molecule has 2 heterocycles. The Morgan fingerprint density at radius 3 is 2.29 bits per heavy atom. The Labute approximate surface area is 212 Å². The molecule has 1 aliphatic heterocycles. The lowest BCUT2D eigenvalue weighted by Crippen LogP contribution is -2.61. The van der Waals surface area contributed by atoms with Gasteiger partial charge in [-0.05, 0) is 24.3 Å². The number of aliphatic hydroxyl groups is 3. The first-order chi connectivity index (χ1) is 18.0. The molecule has 0 unspecified atom stereocenters. The van der Waals surface area contributed by atoms with Crippen molar-refractivity contribution >= 4 is 22.9 Å². The van der Waals surface area contributed by atoms with Crippen LogP contribution in [0.3, 0.4) is 0 Å². The van der Waals surface area contributed by atoms with Crippen LogP contribution in [0, 0.1) is 0 Å². The molecule has 1 aromatic heterocycles. The third-order valence-electron chi connectivity index (χ3n) is 5.66. The third-order valence-corrected chi connectivity index (χ3v) is 5.66. The summed E-state index contributed by atoms with van der Waals surface area (Å²) in [5, 5.41) is 69.0. The molecule has 0 radical (unpaired) electrons. The fourth-order valence-electron chi connectivity index (χ4n) is 3.91. The van der Waals surface area contributed by atoms with Gasteiger partial charge in [0.25, 0.3) is 0 Å². The van der Waals surface area contributed by atoms with Crippen molar-refractivity contribution in [2.24, 2.45) is 0 Å². The lowest BCUT2D eigenvalue weighted by Gasteiger charge is -2.41. The van der Waals surface area contributed by atoms with Crippen molar-refractivity contribution in [1.82, 2.24) is 0 Å². The SMILES string of the molecule is O=C(O)CC(=O)O[C@@H]1[C@@H](O)[C@H](O)[C@@H](Oc2c(-c3ccc(O)cc3)oc3cc(O)cc(O)c3c2=O)O[C@H]1CO. The van der Waals surface area contributed by atoms with Crippen LogP contribution in [0.15, 0.2) is 45.6 Å². The quantitative estimate of drug-likeness (QED) is 0.153. The molecule has 202 valence electrons. The first kappa shape index (κ1) is 26.7. The Hall–Kier alpha value is -4.37. The van der Waals surface area contributed by atoms with Crippen LogP contribution in [-0.2, 0) is 19.1 Å². The number of phenols is 3. The summed E-state index contributed by atoms with van der Waals surface area (Å²) in [4.78, 5) is 35.9. The topological polar surface area (TPSA) is 234 Å². The Balaban J connectivity index is 1.75. The highest BCUT2D eigenvalue weighted by molar-refractivity contribution is 5.90. The van der Waals surface area contributed by atoms with Crippen molar-refractivity contribution in [2.75, 3.05) is 6.61 Å². The molecular weight excluding hydrogens is 512 g/mol. The maximum absolute atomic E-state index is 13.4. The molecule has 0 aliphatic carbocycles. The normalized spacial score (nSPS) is 23.2. The van der Waals surface area contributed by atoms with E-state index in [0.717, 1.165) is 12.1 Å². The molecule has 1 saturated heterocycles. The van der Waals surface area contributed by atoms with Gasteiger partial charge in [0, 0.05) is 17.7 Å². The molecule has 3 aromatic rings. The van der Waals surface area contributed by atoms with E-state index < -0.39 is 83.7 Å². The van der Waals surface area contributed by atoms with E-state index in [-0.39, 0.29) is 22.7 Å². The minimum Gasteiger partial charge on any atom is -0.508 e. The van der Waals surface area contributed by atoms with Gasteiger partial charge in [-0.25, -0.2) is 0 Å². The van der Waals surface area contributed by atoms with Crippen LogP contribution in [0.2, 0.25) is 0 Å². The average molecular weight is 534 g/mol. The average Bonchev–Trinajstić information content (AvgIpc) is 2.84. The first-order valence-electron chi connectivity index (χ1n) is 11.0. The molecule has 0 spiro atoms. The van der Waals surface area contributed by atoms with Crippen molar-refractivity contribution in [2.45, 2.75) is 37.1 Å². The van der Waals surface area contributed by atoms with Gasteiger partial charge in [-0.2, -0.15) is 0 Å². The minimum atomic E-state index is -1.99. The minimum absolute atomic E-state index is 0.113. The highest BCUT2D eigenvalue weighted by atomic mass is 16.7. The molecule has 1 aliphatic rings. The molecule has 1 fully saturated rings. The predicted molar refractivity (Wildman–Crippen MR) is 123 cm³/mol. The van der Waals surface area contributed by atoms with E-state index in [9.17, 15) is 45.0 Å². The number of esters is 1. The maximum atomic E-state index is 13.4. The molecule has 0 bridgehead atoms. The van der Waals surface area contributed by atoms with Crippen LogP contribution in [0.25, 0.3) is 22.3 Å². The van der Waals surface area contributed by atoms with E-state index in [4.69, 9.17) is 23.7 Å². The number of carbonyl (C=O) groups is 2. The van der Waals surface area contributed by atoms with E-state index in [1.807, 2.05) is 0 Å².